The maximum Gasteiger partial charge on any atom is 2.00 e. The van der Waals surface area contributed by atoms with Gasteiger partial charge in [-0.1, -0.05) is 32.1 Å². The Hall–Kier alpha value is 1.24. The molecule has 0 bridgehead atoms. The van der Waals surface area contributed by atoms with Crippen molar-refractivity contribution < 1.29 is 26.9 Å². The summed E-state index contributed by atoms with van der Waals surface area (Å²) in [6, 6.07) is 0. The number of hydrogen-bond acceptors (Lipinski definition) is 2. The second kappa shape index (κ2) is 16.7. The molecule has 23 heavy (non-hydrogen) atoms. The summed E-state index contributed by atoms with van der Waals surface area (Å²) in [6.07, 6.45) is 12.5. The summed E-state index contributed by atoms with van der Waals surface area (Å²) in [6.45, 7) is 1.94. The predicted octanol–water partition coefficient (Wildman–Crippen LogP) is 5.74. The van der Waals surface area contributed by atoms with Crippen LogP contribution in [-0.2, 0) is 21.8 Å². The fraction of sp³-hybridized carbons (Fsp3) is 0.895. The SMILES string of the molecule is C1CCCC1.[CH3-].[CH3-].[CH3][Sn]([CH3])([CH3])[CH]1CCCC1COCCCO.[Fe+2]. The summed E-state index contributed by atoms with van der Waals surface area (Å²) >= 11 is -1.70. The molecule has 2 aliphatic rings. The molecule has 0 amide bonds. The molecule has 0 spiro atoms. The van der Waals surface area contributed by atoms with Crippen molar-refractivity contribution in [1.29, 1.82) is 0 Å². The number of aliphatic hydroxyl groups is 1. The molecule has 2 saturated carbocycles. The van der Waals surface area contributed by atoms with Crippen molar-refractivity contribution >= 4 is 18.4 Å². The number of hydrogen-bond donors (Lipinski definition) is 1. The Morgan fingerprint density at radius 1 is 0.913 bits per heavy atom. The van der Waals surface area contributed by atoms with Gasteiger partial charge in [-0.25, -0.2) is 0 Å². The van der Waals surface area contributed by atoms with Crippen LogP contribution in [0.15, 0.2) is 0 Å². The monoisotopic (exact) mass is 478 g/mol. The Labute approximate surface area is 161 Å². The maximum absolute atomic E-state index is 8.67. The van der Waals surface area contributed by atoms with Gasteiger partial charge in [0.15, 0.2) is 0 Å². The second-order valence-corrected chi connectivity index (χ2v) is 23.2. The summed E-state index contributed by atoms with van der Waals surface area (Å²) in [5.74, 6) is 0.833. The molecule has 0 saturated heterocycles. The fourth-order valence-corrected chi connectivity index (χ4v) is 11.5. The van der Waals surface area contributed by atoms with Crippen LogP contribution in [-0.4, -0.2) is 43.3 Å². The molecular formula is C19H42FeO2Sn. The van der Waals surface area contributed by atoms with Crippen molar-refractivity contribution in [2.75, 3.05) is 19.8 Å². The first-order valence-electron chi connectivity index (χ1n) is 8.74. The second-order valence-electron chi connectivity index (χ2n) is 7.58. The smallest absolute Gasteiger partial charge is 2.00 e. The molecule has 2 fully saturated rings. The van der Waals surface area contributed by atoms with E-state index in [1.54, 1.807) is 0 Å². The average molecular weight is 477 g/mol. The molecule has 2 unspecified atom stereocenters. The molecule has 0 aromatic carbocycles. The van der Waals surface area contributed by atoms with Gasteiger partial charge in [0.2, 0.25) is 0 Å². The number of aliphatic hydroxyl groups excluding tert-OH is 1. The van der Waals surface area contributed by atoms with Crippen LogP contribution in [0.4, 0.5) is 0 Å². The van der Waals surface area contributed by atoms with Crippen molar-refractivity contribution in [2.24, 2.45) is 5.92 Å². The molecule has 0 aromatic rings. The molecule has 0 heterocycles. The minimum Gasteiger partial charge on any atom is 2.00 e. The summed E-state index contributed by atoms with van der Waals surface area (Å²) in [5, 5.41) is 8.67. The molecule has 142 valence electrons. The zero-order valence-corrected chi connectivity index (χ0v) is 20.3. The van der Waals surface area contributed by atoms with E-state index < -0.39 is 18.4 Å². The van der Waals surface area contributed by atoms with Crippen molar-refractivity contribution in [2.45, 2.75) is 76.5 Å². The first kappa shape index (κ1) is 29.0. The average Bonchev–Trinajstić information content (AvgIpc) is 3.07. The summed E-state index contributed by atoms with van der Waals surface area (Å²) in [4.78, 5) is 7.64. The molecule has 1 N–H and O–H groups in total. The third kappa shape index (κ3) is 13.1. The standard InChI is InChI=1S/C9H17O2.C5H10.5CH3.Fe.Sn/c10-6-3-7-11-8-9-4-1-2-5-9;1-2-4-5-3-1;;;;;;;/h4,9-10H,1-3,5-8H2;1-5H2;5*1H3;;/q;;;;;2*-1;+2;. The molecule has 2 aliphatic carbocycles. The largest absolute Gasteiger partial charge is 2.00 e. The van der Waals surface area contributed by atoms with Crippen molar-refractivity contribution in [3.8, 4) is 0 Å². The molecule has 2 rings (SSSR count). The zero-order valence-electron chi connectivity index (χ0n) is 16.3. The van der Waals surface area contributed by atoms with Crippen molar-refractivity contribution in [1.82, 2.24) is 0 Å². The molecule has 2 nitrogen and oxygen atoms in total. The molecule has 0 aliphatic heterocycles. The van der Waals surface area contributed by atoms with Crippen molar-refractivity contribution in [3.63, 3.8) is 0 Å². The van der Waals surface area contributed by atoms with Crippen LogP contribution in [0.5, 0.6) is 0 Å². The van der Waals surface area contributed by atoms with Gasteiger partial charge in [0.1, 0.15) is 0 Å². The molecular weight excluding hydrogens is 435 g/mol. The third-order valence-corrected chi connectivity index (χ3v) is 13.3. The van der Waals surface area contributed by atoms with E-state index >= 15 is 0 Å². The van der Waals surface area contributed by atoms with Gasteiger partial charge in [-0.2, -0.15) is 0 Å². The van der Waals surface area contributed by atoms with Gasteiger partial charge >= 0.3 is 115 Å². The first-order valence-corrected chi connectivity index (χ1v) is 19.0. The third-order valence-electron chi connectivity index (χ3n) is 4.80. The number of ether oxygens (including phenoxy) is 1. The Balaban J connectivity index is -0.000000431. The van der Waals surface area contributed by atoms with E-state index in [4.69, 9.17) is 9.84 Å². The fourth-order valence-electron chi connectivity index (χ4n) is 3.66. The predicted molar refractivity (Wildman–Crippen MR) is 103 cm³/mol. The number of rotatable bonds is 6. The van der Waals surface area contributed by atoms with Crippen LogP contribution in [0, 0.1) is 20.8 Å². The van der Waals surface area contributed by atoms with E-state index in [1.807, 2.05) is 0 Å². The van der Waals surface area contributed by atoms with E-state index in [9.17, 15) is 0 Å². The topological polar surface area (TPSA) is 29.5 Å². The van der Waals surface area contributed by atoms with Crippen LogP contribution < -0.4 is 0 Å². The van der Waals surface area contributed by atoms with Crippen molar-refractivity contribution in [3.05, 3.63) is 14.9 Å². The zero-order chi connectivity index (χ0) is 14.8. The van der Waals surface area contributed by atoms with E-state index in [-0.39, 0.29) is 38.5 Å². The van der Waals surface area contributed by atoms with Gasteiger partial charge in [0.25, 0.3) is 0 Å². The van der Waals surface area contributed by atoms with Crippen LogP contribution in [0.1, 0.15) is 57.8 Å². The Morgan fingerprint density at radius 2 is 1.43 bits per heavy atom. The summed E-state index contributed by atoms with van der Waals surface area (Å²) in [7, 11) is 0. The maximum atomic E-state index is 8.67. The van der Waals surface area contributed by atoms with Crippen LogP contribution in [0.2, 0.25) is 18.8 Å². The van der Waals surface area contributed by atoms with E-state index in [1.165, 1.54) is 51.4 Å². The van der Waals surface area contributed by atoms with Gasteiger partial charge in [-0.15, -0.1) is 0 Å². The van der Waals surface area contributed by atoms with E-state index in [0.29, 0.717) is 0 Å². The summed E-state index contributed by atoms with van der Waals surface area (Å²) < 4.78 is 6.68. The Kier molecular flexibility index (Phi) is 21.1. The Bertz CT molecular complexity index is 232. The van der Waals surface area contributed by atoms with E-state index in [2.05, 4.69) is 14.8 Å². The minimum absolute atomic E-state index is 0. The van der Waals surface area contributed by atoms with Gasteiger partial charge in [-0.05, 0) is 0 Å². The van der Waals surface area contributed by atoms with Gasteiger partial charge in [-0.3, -0.25) is 0 Å². The minimum atomic E-state index is -1.70. The van der Waals surface area contributed by atoms with Crippen LogP contribution >= 0.6 is 0 Å². The van der Waals surface area contributed by atoms with Crippen LogP contribution in [0.25, 0.3) is 0 Å². The molecule has 0 radical (unpaired) electrons. The quantitative estimate of drug-likeness (QED) is 0.301. The van der Waals surface area contributed by atoms with E-state index in [0.717, 1.165) is 29.5 Å². The normalized spacial score (nSPS) is 23.0. The van der Waals surface area contributed by atoms with Gasteiger partial charge in [0.05, 0.1) is 0 Å². The molecule has 2 atom stereocenters. The van der Waals surface area contributed by atoms with Gasteiger partial charge < -0.3 is 14.9 Å². The molecule has 0 aromatic heterocycles. The van der Waals surface area contributed by atoms with Gasteiger partial charge in [0, 0.05) is 0 Å². The summed E-state index contributed by atoms with van der Waals surface area (Å²) in [5.41, 5.74) is 0. The Morgan fingerprint density at radius 3 is 1.87 bits per heavy atom. The van der Waals surface area contributed by atoms with Crippen LogP contribution in [0.3, 0.4) is 0 Å². The molecule has 4 heteroatoms. The first-order chi connectivity index (χ1) is 9.55.